The molecule has 0 bridgehead atoms. The van der Waals surface area contributed by atoms with Gasteiger partial charge in [-0.25, -0.2) is 0 Å². The van der Waals surface area contributed by atoms with E-state index >= 15 is 0 Å². The molecule has 1 aliphatic rings. The van der Waals surface area contributed by atoms with Crippen LogP contribution in [0.1, 0.15) is 40.0 Å². The molecule has 6 nitrogen and oxygen atoms in total. The lowest BCUT2D eigenvalue weighted by Crippen LogP contribution is -2.45. The monoisotopic (exact) mass is 327 g/mol. The first-order valence-corrected chi connectivity index (χ1v) is 8.14. The van der Waals surface area contributed by atoms with Crippen molar-refractivity contribution in [2.75, 3.05) is 20.2 Å². The van der Waals surface area contributed by atoms with Gasteiger partial charge in [0, 0.05) is 12.5 Å². The molecule has 0 saturated heterocycles. The summed E-state index contributed by atoms with van der Waals surface area (Å²) in [5.41, 5.74) is -0.514. The SMILES string of the molecule is CCC(C)(C)C(=O)OCCN(C)[C@H](O)C1CC=CCC1C(=O)O. The lowest BCUT2D eigenvalue weighted by molar-refractivity contribution is -0.156. The maximum atomic E-state index is 11.9. The van der Waals surface area contributed by atoms with Crippen LogP contribution in [-0.4, -0.2) is 53.5 Å². The minimum atomic E-state index is -0.886. The molecule has 1 rings (SSSR count). The van der Waals surface area contributed by atoms with Gasteiger partial charge in [-0.3, -0.25) is 14.5 Å². The normalized spacial score (nSPS) is 22.9. The zero-order chi connectivity index (χ0) is 17.6. The highest BCUT2D eigenvalue weighted by atomic mass is 16.5. The number of aliphatic carboxylic acids is 1. The number of carboxylic acid groups (broad SMARTS) is 1. The number of carbonyl (C=O) groups excluding carboxylic acids is 1. The molecule has 0 aromatic carbocycles. The molecule has 0 aliphatic heterocycles. The number of rotatable bonds is 8. The van der Waals surface area contributed by atoms with E-state index in [1.807, 2.05) is 32.9 Å². The van der Waals surface area contributed by atoms with Crippen LogP contribution < -0.4 is 0 Å². The summed E-state index contributed by atoms with van der Waals surface area (Å²) in [5.74, 6) is -2.08. The van der Waals surface area contributed by atoms with Crippen molar-refractivity contribution in [2.24, 2.45) is 17.3 Å². The molecule has 0 aromatic rings. The number of aliphatic hydroxyl groups excluding tert-OH is 1. The lowest BCUT2D eigenvalue weighted by atomic mass is 9.81. The van der Waals surface area contributed by atoms with Crippen molar-refractivity contribution in [3.05, 3.63) is 12.2 Å². The molecule has 1 aliphatic carbocycles. The van der Waals surface area contributed by atoms with E-state index in [0.717, 1.165) is 0 Å². The first kappa shape index (κ1) is 19.6. The first-order valence-electron chi connectivity index (χ1n) is 8.14. The molecule has 0 heterocycles. The van der Waals surface area contributed by atoms with Gasteiger partial charge in [0.2, 0.25) is 0 Å². The van der Waals surface area contributed by atoms with Gasteiger partial charge in [-0.15, -0.1) is 0 Å². The van der Waals surface area contributed by atoms with Gasteiger partial charge in [-0.2, -0.15) is 0 Å². The fourth-order valence-electron chi connectivity index (χ4n) is 2.53. The van der Waals surface area contributed by atoms with E-state index in [1.165, 1.54) is 0 Å². The molecular formula is C17H29NO5. The fraction of sp³-hybridized carbons (Fsp3) is 0.765. The average molecular weight is 327 g/mol. The molecule has 132 valence electrons. The highest BCUT2D eigenvalue weighted by molar-refractivity contribution is 5.75. The van der Waals surface area contributed by atoms with Crippen LogP contribution in [0.3, 0.4) is 0 Å². The third-order valence-corrected chi connectivity index (χ3v) is 4.75. The predicted octanol–water partition coefficient (Wildman–Crippen LogP) is 1.88. The van der Waals surface area contributed by atoms with Gasteiger partial charge < -0.3 is 14.9 Å². The standard InChI is InChI=1S/C17H29NO5/c1-5-17(2,3)16(22)23-11-10-18(4)14(19)12-8-6-7-9-13(12)15(20)21/h6-7,12-14,19H,5,8-11H2,1-4H3,(H,20,21)/t12?,13?,14-/m1/s1. The average Bonchev–Trinajstić information content (AvgIpc) is 2.53. The first-order chi connectivity index (χ1) is 10.7. The Morgan fingerprint density at radius 2 is 1.96 bits per heavy atom. The van der Waals surface area contributed by atoms with Crippen LogP contribution in [-0.2, 0) is 14.3 Å². The summed E-state index contributed by atoms with van der Waals surface area (Å²) in [4.78, 5) is 24.9. The highest BCUT2D eigenvalue weighted by Gasteiger charge is 2.35. The summed E-state index contributed by atoms with van der Waals surface area (Å²) < 4.78 is 5.26. The van der Waals surface area contributed by atoms with Crippen molar-refractivity contribution in [2.45, 2.75) is 46.3 Å². The molecule has 0 radical (unpaired) electrons. The third kappa shape index (κ3) is 5.32. The summed E-state index contributed by atoms with van der Waals surface area (Å²) >= 11 is 0. The molecule has 0 saturated carbocycles. The van der Waals surface area contributed by atoms with E-state index in [9.17, 15) is 19.8 Å². The van der Waals surface area contributed by atoms with E-state index in [2.05, 4.69) is 0 Å². The van der Waals surface area contributed by atoms with Gasteiger partial charge >= 0.3 is 11.9 Å². The molecule has 2 N–H and O–H groups in total. The Kier molecular flexibility index (Phi) is 7.22. The molecule has 0 amide bonds. The summed E-state index contributed by atoms with van der Waals surface area (Å²) in [6, 6.07) is 0. The maximum Gasteiger partial charge on any atom is 0.311 e. The van der Waals surface area contributed by atoms with Crippen LogP contribution in [0.4, 0.5) is 0 Å². The van der Waals surface area contributed by atoms with Crippen molar-refractivity contribution < 1.29 is 24.5 Å². The number of nitrogens with zero attached hydrogens (tertiary/aromatic N) is 1. The van der Waals surface area contributed by atoms with Crippen molar-refractivity contribution >= 4 is 11.9 Å². The second-order valence-electron chi connectivity index (χ2n) is 6.82. The number of allylic oxidation sites excluding steroid dienone is 2. The lowest BCUT2D eigenvalue weighted by Gasteiger charge is -2.34. The highest BCUT2D eigenvalue weighted by Crippen LogP contribution is 2.29. The largest absolute Gasteiger partial charge is 0.481 e. The molecule has 6 heteroatoms. The van der Waals surface area contributed by atoms with E-state index < -0.39 is 23.5 Å². The van der Waals surface area contributed by atoms with Crippen LogP contribution in [0.15, 0.2) is 12.2 Å². The maximum absolute atomic E-state index is 11.9. The van der Waals surface area contributed by atoms with Crippen LogP contribution in [0.25, 0.3) is 0 Å². The minimum absolute atomic E-state index is 0.177. The number of hydrogen-bond acceptors (Lipinski definition) is 5. The third-order valence-electron chi connectivity index (χ3n) is 4.75. The van der Waals surface area contributed by atoms with Gasteiger partial charge in [-0.05, 0) is 40.2 Å². The summed E-state index contributed by atoms with van der Waals surface area (Å²) in [5, 5.41) is 19.7. The molecule has 3 atom stereocenters. The van der Waals surface area contributed by atoms with Crippen molar-refractivity contribution in [3.63, 3.8) is 0 Å². The Hall–Kier alpha value is -1.40. The van der Waals surface area contributed by atoms with Crippen molar-refractivity contribution in [1.82, 2.24) is 4.90 Å². The van der Waals surface area contributed by atoms with Crippen LogP contribution in [0.2, 0.25) is 0 Å². The minimum Gasteiger partial charge on any atom is -0.481 e. The van der Waals surface area contributed by atoms with Gasteiger partial charge in [-0.1, -0.05) is 19.1 Å². The number of carboxylic acids is 1. The molecule has 0 aromatic heterocycles. The van der Waals surface area contributed by atoms with Crippen LogP contribution >= 0.6 is 0 Å². The number of esters is 1. The topological polar surface area (TPSA) is 87.1 Å². The predicted molar refractivity (Wildman–Crippen MR) is 86.7 cm³/mol. The van der Waals surface area contributed by atoms with E-state index in [0.29, 0.717) is 25.8 Å². The number of aliphatic hydroxyl groups is 1. The smallest absolute Gasteiger partial charge is 0.311 e. The Morgan fingerprint density at radius 3 is 2.52 bits per heavy atom. The Balaban J connectivity index is 2.50. The second-order valence-corrected chi connectivity index (χ2v) is 6.82. The van der Waals surface area contributed by atoms with Gasteiger partial charge in [0.05, 0.1) is 11.3 Å². The molecule has 0 spiro atoms. The van der Waals surface area contributed by atoms with E-state index in [4.69, 9.17) is 4.74 Å². The molecule has 2 unspecified atom stereocenters. The molecular weight excluding hydrogens is 298 g/mol. The van der Waals surface area contributed by atoms with E-state index in [-0.39, 0.29) is 18.5 Å². The second kappa shape index (κ2) is 8.45. The zero-order valence-electron chi connectivity index (χ0n) is 14.5. The molecule has 0 fully saturated rings. The van der Waals surface area contributed by atoms with Gasteiger partial charge in [0.1, 0.15) is 12.8 Å². The fourth-order valence-corrected chi connectivity index (χ4v) is 2.53. The Morgan fingerprint density at radius 1 is 1.35 bits per heavy atom. The number of likely N-dealkylation sites (N-methyl/N-ethyl adjacent to an activating group) is 1. The van der Waals surface area contributed by atoms with Crippen molar-refractivity contribution in [1.29, 1.82) is 0 Å². The Bertz CT molecular complexity index is 446. The number of ether oxygens (including phenoxy) is 1. The van der Waals surface area contributed by atoms with Crippen LogP contribution in [0.5, 0.6) is 0 Å². The Labute approximate surface area is 138 Å². The summed E-state index contributed by atoms with van der Waals surface area (Å²) in [6.07, 6.45) is 4.54. The van der Waals surface area contributed by atoms with E-state index in [1.54, 1.807) is 11.9 Å². The summed E-state index contributed by atoms with van der Waals surface area (Å²) in [7, 11) is 1.71. The summed E-state index contributed by atoms with van der Waals surface area (Å²) in [6.45, 7) is 6.13. The van der Waals surface area contributed by atoms with Crippen LogP contribution in [0, 0.1) is 17.3 Å². The zero-order valence-corrected chi connectivity index (χ0v) is 14.5. The van der Waals surface area contributed by atoms with Gasteiger partial charge in [0.15, 0.2) is 0 Å². The van der Waals surface area contributed by atoms with Gasteiger partial charge in [0.25, 0.3) is 0 Å². The quantitative estimate of drug-likeness (QED) is 0.402. The number of carbonyl (C=O) groups is 2. The van der Waals surface area contributed by atoms with Crippen molar-refractivity contribution in [3.8, 4) is 0 Å². The number of hydrogen-bond donors (Lipinski definition) is 2. The molecule has 23 heavy (non-hydrogen) atoms.